The summed E-state index contributed by atoms with van der Waals surface area (Å²) in [7, 11) is 3.42. The lowest BCUT2D eigenvalue weighted by molar-refractivity contribution is -0.137. The molecule has 6 rings (SSSR count). The summed E-state index contributed by atoms with van der Waals surface area (Å²) < 4.78 is 22.3. The molecule has 0 aromatic heterocycles. The van der Waals surface area contributed by atoms with Crippen molar-refractivity contribution in [3.05, 3.63) is 53.1 Å². The van der Waals surface area contributed by atoms with Crippen LogP contribution in [0.3, 0.4) is 0 Å². The number of hydrogen-bond donors (Lipinski definition) is 0. The third-order valence-corrected chi connectivity index (χ3v) is 8.48. The van der Waals surface area contributed by atoms with Crippen LogP contribution in [0.4, 0.5) is 0 Å². The van der Waals surface area contributed by atoms with Crippen molar-refractivity contribution in [2.24, 2.45) is 17.8 Å². The molecule has 0 radical (unpaired) electrons. The number of carbonyl (C=O) groups excluding carboxylic acids is 1. The number of hydrogen-bond acceptors (Lipinski definition) is 5. The number of rotatable bonds is 9. The van der Waals surface area contributed by atoms with E-state index in [0.29, 0.717) is 6.61 Å². The number of aryl methyl sites for hydroxylation is 1. The summed E-state index contributed by atoms with van der Waals surface area (Å²) in [6.07, 6.45) is 11.3. The minimum absolute atomic E-state index is 0.169. The minimum Gasteiger partial charge on any atom is -0.496 e. The summed E-state index contributed by atoms with van der Waals surface area (Å²) >= 11 is 0. The van der Waals surface area contributed by atoms with Crippen LogP contribution in [0.2, 0.25) is 0 Å². The number of esters is 1. The second-order valence-corrected chi connectivity index (χ2v) is 11.0. The quantitative estimate of drug-likeness (QED) is 0.222. The predicted octanol–water partition coefficient (Wildman–Crippen LogP) is 6.70. The Kier molecular flexibility index (Phi) is 7.11. The lowest BCUT2D eigenvalue weighted by atomic mass is 9.48. The van der Waals surface area contributed by atoms with Gasteiger partial charge in [-0.15, -0.1) is 0 Å². The van der Waals surface area contributed by atoms with Crippen molar-refractivity contribution in [2.45, 2.75) is 57.8 Å². The second kappa shape index (κ2) is 10.3. The topological polar surface area (TPSA) is 54.0 Å². The van der Waals surface area contributed by atoms with Crippen molar-refractivity contribution in [2.75, 3.05) is 27.6 Å². The van der Waals surface area contributed by atoms with Crippen LogP contribution in [0, 0.1) is 24.7 Å². The van der Waals surface area contributed by atoms with Gasteiger partial charge in [-0.1, -0.05) is 6.07 Å². The van der Waals surface area contributed by atoms with Gasteiger partial charge in [0.2, 0.25) is 0 Å². The molecule has 4 aliphatic rings. The van der Waals surface area contributed by atoms with Gasteiger partial charge in [-0.05, 0) is 123 Å². The molecule has 4 fully saturated rings. The lowest BCUT2D eigenvalue weighted by Gasteiger charge is -2.57. The van der Waals surface area contributed by atoms with E-state index in [9.17, 15) is 4.79 Å². The summed E-state index contributed by atoms with van der Waals surface area (Å²) in [6.45, 7) is 4.46. The van der Waals surface area contributed by atoms with Crippen LogP contribution >= 0.6 is 0 Å². The Morgan fingerprint density at radius 1 is 0.972 bits per heavy atom. The van der Waals surface area contributed by atoms with E-state index in [0.717, 1.165) is 51.5 Å². The fourth-order valence-corrected chi connectivity index (χ4v) is 7.46. The summed E-state index contributed by atoms with van der Waals surface area (Å²) in [5.41, 5.74) is 5.74. The first-order valence-electron chi connectivity index (χ1n) is 13.2. The van der Waals surface area contributed by atoms with E-state index >= 15 is 0 Å². The number of methoxy groups -OCH3 is 2. The van der Waals surface area contributed by atoms with E-state index in [1.807, 2.05) is 12.1 Å². The summed E-state index contributed by atoms with van der Waals surface area (Å²) in [6, 6.07) is 10.6. The molecule has 4 bridgehead atoms. The molecule has 0 atom stereocenters. The van der Waals surface area contributed by atoms with E-state index in [4.69, 9.17) is 18.9 Å². The van der Waals surface area contributed by atoms with Gasteiger partial charge in [-0.25, -0.2) is 4.79 Å². The first-order chi connectivity index (χ1) is 17.4. The molecule has 2 aromatic carbocycles. The summed E-state index contributed by atoms with van der Waals surface area (Å²) in [4.78, 5) is 11.9. The van der Waals surface area contributed by atoms with E-state index in [-0.39, 0.29) is 18.2 Å². The molecule has 4 aliphatic carbocycles. The number of benzene rings is 2. The maximum Gasteiger partial charge on any atom is 0.330 e. The van der Waals surface area contributed by atoms with Gasteiger partial charge in [0.25, 0.3) is 0 Å². The largest absolute Gasteiger partial charge is 0.496 e. The van der Waals surface area contributed by atoms with E-state index in [1.165, 1.54) is 50.2 Å². The van der Waals surface area contributed by atoms with Gasteiger partial charge in [0.1, 0.15) is 11.5 Å². The molecule has 0 N–H and O–H groups in total. The zero-order valence-corrected chi connectivity index (χ0v) is 22.0. The van der Waals surface area contributed by atoms with Gasteiger partial charge in [-0.2, -0.15) is 0 Å². The van der Waals surface area contributed by atoms with Crippen LogP contribution in [0.1, 0.15) is 62.1 Å². The lowest BCUT2D eigenvalue weighted by Crippen LogP contribution is -2.48. The zero-order valence-electron chi connectivity index (χ0n) is 22.0. The van der Waals surface area contributed by atoms with Crippen LogP contribution in [0.5, 0.6) is 11.5 Å². The molecule has 0 spiro atoms. The smallest absolute Gasteiger partial charge is 0.330 e. The molecule has 0 amide bonds. The maximum atomic E-state index is 11.9. The van der Waals surface area contributed by atoms with Crippen LogP contribution in [-0.2, 0) is 19.7 Å². The molecular formula is C31H38O5. The normalized spacial score (nSPS) is 26.4. The monoisotopic (exact) mass is 490 g/mol. The molecule has 0 heterocycles. The van der Waals surface area contributed by atoms with Crippen molar-refractivity contribution in [1.82, 2.24) is 0 Å². The maximum absolute atomic E-state index is 11.9. The molecule has 5 nitrogen and oxygen atoms in total. The minimum atomic E-state index is -0.344. The highest BCUT2D eigenvalue weighted by Gasteiger charge is 2.52. The molecule has 2 aromatic rings. The molecule has 0 saturated heterocycles. The Bertz CT molecular complexity index is 1110. The van der Waals surface area contributed by atoms with E-state index in [2.05, 4.69) is 25.1 Å². The molecule has 0 aliphatic heterocycles. The molecule has 36 heavy (non-hydrogen) atoms. The summed E-state index contributed by atoms with van der Waals surface area (Å²) in [5.74, 6) is 3.97. The predicted molar refractivity (Wildman–Crippen MR) is 141 cm³/mol. The molecule has 192 valence electrons. The third-order valence-electron chi connectivity index (χ3n) is 8.48. The fraction of sp³-hybridized carbons (Fsp3) is 0.516. The van der Waals surface area contributed by atoms with Gasteiger partial charge in [0, 0.05) is 24.3 Å². The van der Waals surface area contributed by atoms with E-state index in [1.54, 1.807) is 27.2 Å². The Balaban J connectivity index is 1.59. The van der Waals surface area contributed by atoms with Crippen molar-refractivity contribution in [3.63, 3.8) is 0 Å². The van der Waals surface area contributed by atoms with Crippen molar-refractivity contribution in [3.8, 4) is 22.6 Å². The van der Waals surface area contributed by atoms with Crippen LogP contribution in [0.25, 0.3) is 17.2 Å². The van der Waals surface area contributed by atoms with Gasteiger partial charge in [0.05, 0.1) is 13.7 Å². The van der Waals surface area contributed by atoms with Crippen molar-refractivity contribution >= 4 is 12.0 Å². The Labute approximate surface area is 214 Å². The Morgan fingerprint density at radius 3 is 2.28 bits per heavy atom. The van der Waals surface area contributed by atoms with Gasteiger partial charge >= 0.3 is 5.97 Å². The van der Waals surface area contributed by atoms with E-state index < -0.39 is 0 Å². The van der Waals surface area contributed by atoms with Crippen LogP contribution in [-0.4, -0.2) is 33.6 Å². The number of ether oxygens (including phenoxy) is 4. The average molecular weight is 491 g/mol. The average Bonchev–Trinajstić information content (AvgIpc) is 2.85. The second-order valence-electron chi connectivity index (χ2n) is 11.0. The standard InChI is InChI=1S/C31H38O5/c1-5-35-30(32)9-7-21-6-8-28(36-19-33-3)26(14-21)25-15-27(29(34-4)10-20(25)2)31-16-22-11-23(17-31)13-24(12-22)18-31/h6-10,14-15,22-24H,5,11-13,16-19H2,1-4H3/b9-7+. The Morgan fingerprint density at radius 2 is 1.67 bits per heavy atom. The molecule has 0 unspecified atom stereocenters. The van der Waals surface area contributed by atoms with Gasteiger partial charge in [0.15, 0.2) is 6.79 Å². The van der Waals surface area contributed by atoms with Crippen molar-refractivity contribution < 1.29 is 23.7 Å². The fourth-order valence-electron chi connectivity index (χ4n) is 7.46. The zero-order chi connectivity index (χ0) is 25.3. The third kappa shape index (κ3) is 4.78. The highest BCUT2D eigenvalue weighted by atomic mass is 16.7. The highest BCUT2D eigenvalue weighted by Crippen LogP contribution is 2.62. The SMILES string of the molecule is CCOC(=O)/C=C/c1ccc(OCOC)c(-c2cc(C34CC5CC(CC(C5)C3)C4)c(OC)cc2C)c1. The van der Waals surface area contributed by atoms with Gasteiger partial charge < -0.3 is 18.9 Å². The first-order valence-corrected chi connectivity index (χ1v) is 13.2. The number of carbonyl (C=O) groups is 1. The van der Waals surface area contributed by atoms with Crippen molar-refractivity contribution in [1.29, 1.82) is 0 Å². The molecular weight excluding hydrogens is 452 g/mol. The molecule has 5 heteroatoms. The summed E-state index contributed by atoms with van der Waals surface area (Å²) in [5, 5.41) is 0. The van der Waals surface area contributed by atoms with Gasteiger partial charge in [-0.3, -0.25) is 0 Å². The van der Waals surface area contributed by atoms with Crippen LogP contribution in [0.15, 0.2) is 36.4 Å². The Hall–Kier alpha value is -2.79. The van der Waals surface area contributed by atoms with Crippen LogP contribution < -0.4 is 9.47 Å². The molecule has 4 saturated carbocycles. The first kappa shape index (κ1) is 24.9. The highest BCUT2D eigenvalue weighted by molar-refractivity contribution is 5.88.